The summed E-state index contributed by atoms with van der Waals surface area (Å²) in [5, 5.41) is 0. The Morgan fingerprint density at radius 2 is 1.94 bits per heavy atom. The summed E-state index contributed by atoms with van der Waals surface area (Å²) in [6.45, 7) is 2.59. The number of methoxy groups -OCH3 is 1. The van der Waals surface area contributed by atoms with Crippen LogP contribution in [-0.4, -0.2) is 62.1 Å². The quantitative estimate of drug-likeness (QED) is 0.703. The Bertz CT molecular complexity index is 249. The lowest BCUT2D eigenvalue weighted by Gasteiger charge is -2.49. The van der Waals surface area contributed by atoms with Crippen LogP contribution in [0.4, 0.5) is 0 Å². The lowest BCUT2D eigenvalue weighted by atomic mass is 9.75. The van der Waals surface area contributed by atoms with Crippen LogP contribution in [0.3, 0.4) is 0 Å². The molecule has 0 aromatic rings. The maximum absolute atomic E-state index is 11.9. The first-order valence-corrected chi connectivity index (χ1v) is 5.88. The van der Waals surface area contributed by atoms with Gasteiger partial charge in [0.25, 0.3) is 5.91 Å². The van der Waals surface area contributed by atoms with E-state index < -0.39 is 0 Å². The number of nitrogens with zero attached hydrogens (tertiary/aromatic N) is 2. The minimum Gasteiger partial charge on any atom is -0.372 e. The fourth-order valence-corrected chi connectivity index (χ4v) is 2.26. The molecule has 1 saturated carbocycles. The van der Waals surface area contributed by atoms with Crippen molar-refractivity contribution in [3.05, 3.63) is 0 Å². The van der Waals surface area contributed by atoms with Crippen molar-refractivity contribution in [2.75, 3.05) is 34.8 Å². The molecule has 1 aliphatic rings. The Kier molecular flexibility index (Phi) is 4.33. The normalized spacial score (nSPS) is 20.4. The van der Waals surface area contributed by atoms with Crippen LogP contribution in [0.1, 0.15) is 26.2 Å². The van der Waals surface area contributed by atoms with Gasteiger partial charge in [0.2, 0.25) is 0 Å². The smallest absolute Gasteiger partial charge is 0.251 e. The summed E-state index contributed by atoms with van der Waals surface area (Å²) in [4.78, 5) is 15.9. The van der Waals surface area contributed by atoms with E-state index in [0.717, 1.165) is 6.54 Å². The summed E-state index contributed by atoms with van der Waals surface area (Å²) < 4.78 is 5.05. The fourth-order valence-electron chi connectivity index (χ4n) is 2.26. The van der Waals surface area contributed by atoms with Crippen LogP contribution in [0, 0.1) is 0 Å². The van der Waals surface area contributed by atoms with E-state index in [0.29, 0.717) is 0 Å². The van der Waals surface area contributed by atoms with Gasteiger partial charge in [0.1, 0.15) is 6.10 Å². The molecule has 0 radical (unpaired) electrons. The van der Waals surface area contributed by atoms with Gasteiger partial charge >= 0.3 is 0 Å². The maximum atomic E-state index is 11.9. The first-order valence-electron chi connectivity index (χ1n) is 5.88. The average Bonchev–Trinajstić information content (AvgIpc) is 2.20. The van der Waals surface area contributed by atoms with E-state index in [2.05, 4.69) is 19.0 Å². The van der Waals surface area contributed by atoms with Gasteiger partial charge in [-0.05, 0) is 40.3 Å². The molecule has 0 heterocycles. The number of likely N-dealkylation sites (N-methyl/N-ethyl adjacent to an activating group) is 2. The molecule has 0 aliphatic heterocycles. The Morgan fingerprint density at radius 3 is 2.25 bits per heavy atom. The molecule has 0 N–H and O–H groups in total. The van der Waals surface area contributed by atoms with Crippen LogP contribution in [0.5, 0.6) is 0 Å². The zero-order chi connectivity index (χ0) is 12.3. The lowest BCUT2D eigenvalue weighted by Crippen LogP contribution is -2.58. The molecule has 0 spiro atoms. The number of amides is 1. The van der Waals surface area contributed by atoms with Crippen LogP contribution in [0.15, 0.2) is 0 Å². The predicted molar refractivity (Wildman–Crippen MR) is 64.4 cm³/mol. The zero-order valence-corrected chi connectivity index (χ0v) is 11.1. The van der Waals surface area contributed by atoms with Crippen LogP contribution in [0.25, 0.3) is 0 Å². The number of carbonyl (C=O) groups is 1. The van der Waals surface area contributed by atoms with Crippen LogP contribution >= 0.6 is 0 Å². The molecule has 16 heavy (non-hydrogen) atoms. The van der Waals surface area contributed by atoms with Gasteiger partial charge in [0.15, 0.2) is 0 Å². The van der Waals surface area contributed by atoms with E-state index in [9.17, 15) is 4.79 Å². The van der Waals surface area contributed by atoms with Crippen molar-refractivity contribution in [2.24, 2.45) is 0 Å². The zero-order valence-electron chi connectivity index (χ0n) is 11.1. The van der Waals surface area contributed by atoms with Crippen molar-refractivity contribution in [3.63, 3.8) is 0 Å². The molecule has 0 bridgehead atoms. The largest absolute Gasteiger partial charge is 0.372 e. The predicted octanol–water partition coefficient (Wildman–Crippen LogP) is 0.964. The fraction of sp³-hybridized carbons (Fsp3) is 0.917. The Labute approximate surface area is 98.5 Å². The Morgan fingerprint density at radius 1 is 1.38 bits per heavy atom. The van der Waals surface area contributed by atoms with Crippen molar-refractivity contribution in [1.82, 2.24) is 9.80 Å². The third-order valence-corrected chi connectivity index (χ3v) is 3.84. The van der Waals surface area contributed by atoms with Gasteiger partial charge in [0, 0.05) is 26.2 Å². The summed E-state index contributed by atoms with van der Waals surface area (Å²) in [5.41, 5.74) is 0.192. The molecule has 1 aliphatic carbocycles. The molecular weight excluding hydrogens is 204 g/mol. The maximum Gasteiger partial charge on any atom is 0.251 e. The molecule has 0 aromatic carbocycles. The monoisotopic (exact) mass is 228 g/mol. The van der Waals surface area contributed by atoms with Crippen LogP contribution in [-0.2, 0) is 9.53 Å². The van der Waals surface area contributed by atoms with E-state index in [1.165, 1.54) is 19.3 Å². The summed E-state index contributed by atoms with van der Waals surface area (Å²) in [5.74, 6) is 0.0654. The van der Waals surface area contributed by atoms with Crippen molar-refractivity contribution in [3.8, 4) is 0 Å². The summed E-state index contributed by atoms with van der Waals surface area (Å²) in [7, 11) is 7.62. The molecule has 1 rings (SSSR count). The third kappa shape index (κ3) is 2.55. The minimum absolute atomic E-state index is 0.0654. The number of hydrogen-bond donors (Lipinski definition) is 0. The Balaban J connectivity index is 2.56. The molecule has 4 nitrogen and oxygen atoms in total. The number of ether oxygens (including phenoxy) is 1. The first kappa shape index (κ1) is 13.5. The molecule has 94 valence electrons. The highest BCUT2D eigenvalue weighted by Gasteiger charge is 2.41. The molecule has 1 fully saturated rings. The standard InChI is InChI=1S/C12H24N2O2/c1-10(16-5)11(15)14(4)9-12(13(2)3)7-6-8-12/h10H,6-9H2,1-5H3. The minimum atomic E-state index is -0.343. The highest BCUT2D eigenvalue weighted by molar-refractivity contribution is 5.80. The van der Waals surface area contributed by atoms with E-state index >= 15 is 0 Å². The van der Waals surface area contributed by atoms with Gasteiger partial charge in [0.05, 0.1) is 0 Å². The van der Waals surface area contributed by atoms with Crippen molar-refractivity contribution < 1.29 is 9.53 Å². The van der Waals surface area contributed by atoms with E-state index in [4.69, 9.17) is 4.74 Å². The molecular formula is C12H24N2O2. The second-order valence-electron chi connectivity index (χ2n) is 5.04. The molecule has 0 aromatic heterocycles. The van der Waals surface area contributed by atoms with Gasteiger partial charge in [-0.2, -0.15) is 0 Å². The molecule has 0 saturated heterocycles. The first-order chi connectivity index (χ1) is 7.43. The number of hydrogen-bond acceptors (Lipinski definition) is 3. The summed E-state index contributed by atoms with van der Waals surface area (Å²) in [6, 6.07) is 0. The van der Waals surface area contributed by atoms with E-state index in [1.54, 1.807) is 18.9 Å². The van der Waals surface area contributed by atoms with Crippen LogP contribution in [0.2, 0.25) is 0 Å². The van der Waals surface area contributed by atoms with Gasteiger partial charge in [-0.3, -0.25) is 4.79 Å². The van der Waals surface area contributed by atoms with Gasteiger partial charge in [-0.1, -0.05) is 0 Å². The highest BCUT2D eigenvalue weighted by Crippen LogP contribution is 2.36. The third-order valence-electron chi connectivity index (χ3n) is 3.84. The van der Waals surface area contributed by atoms with Crippen molar-refractivity contribution >= 4 is 5.91 Å². The average molecular weight is 228 g/mol. The summed E-state index contributed by atoms with van der Waals surface area (Å²) >= 11 is 0. The molecule has 1 amide bonds. The van der Waals surface area contributed by atoms with Crippen molar-refractivity contribution in [1.29, 1.82) is 0 Å². The lowest BCUT2D eigenvalue weighted by molar-refractivity contribution is -0.142. The van der Waals surface area contributed by atoms with Crippen molar-refractivity contribution in [2.45, 2.75) is 37.8 Å². The second-order valence-corrected chi connectivity index (χ2v) is 5.04. The van der Waals surface area contributed by atoms with Crippen LogP contribution < -0.4 is 0 Å². The SMILES string of the molecule is COC(C)C(=O)N(C)CC1(N(C)C)CCC1. The highest BCUT2D eigenvalue weighted by atomic mass is 16.5. The molecule has 1 unspecified atom stereocenters. The van der Waals surface area contributed by atoms with Gasteiger partial charge < -0.3 is 14.5 Å². The molecule has 1 atom stereocenters. The van der Waals surface area contributed by atoms with Gasteiger partial charge in [-0.25, -0.2) is 0 Å². The van der Waals surface area contributed by atoms with E-state index in [1.807, 2.05) is 7.05 Å². The van der Waals surface area contributed by atoms with E-state index in [-0.39, 0.29) is 17.6 Å². The number of carbonyl (C=O) groups excluding carboxylic acids is 1. The Hall–Kier alpha value is -0.610. The topological polar surface area (TPSA) is 32.8 Å². The second kappa shape index (κ2) is 5.15. The summed E-state index contributed by atoms with van der Waals surface area (Å²) in [6.07, 6.45) is 3.28. The number of rotatable bonds is 5. The van der Waals surface area contributed by atoms with Gasteiger partial charge in [-0.15, -0.1) is 0 Å². The molecule has 4 heteroatoms.